The lowest BCUT2D eigenvalue weighted by atomic mass is 10.0. The van der Waals surface area contributed by atoms with Crippen LogP contribution in [-0.4, -0.2) is 38.5 Å². The Balaban J connectivity index is 1.80. The first-order valence-electron chi connectivity index (χ1n) is 10.7. The molecule has 0 saturated carbocycles. The first-order chi connectivity index (χ1) is 16.2. The summed E-state index contributed by atoms with van der Waals surface area (Å²) in [7, 11) is 1.55. The summed E-state index contributed by atoms with van der Waals surface area (Å²) in [4.78, 5) is 43.8. The molecule has 0 aliphatic heterocycles. The molecule has 3 rings (SSSR count). The van der Waals surface area contributed by atoms with Crippen LogP contribution in [0.25, 0.3) is 10.9 Å². The number of amides is 2. The molecule has 0 radical (unpaired) electrons. The van der Waals surface area contributed by atoms with Gasteiger partial charge in [-0.05, 0) is 59.2 Å². The zero-order valence-electron chi connectivity index (χ0n) is 19.1. The fourth-order valence-corrected chi connectivity index (χ4v) is 4.30. The molecule has 34 heavy (non-hydrogen) atoms. The molecule has 2 heterocycles. The Labute approximate surface area is 210 Å². The van der Waals surface area contributed by atoms with Crippen LogP contribution in [-0.2, 0) is 11.2 Å². The lowest BCUT2D eigenvalue weighted by Gasteiger charge is -2.26. The van der Waals surface area contributed by atoms with Gasteiger partial charge >= 0.3 is 0 Å². The van der Waals surface area contributed by atoms with E-state index in [0.29, 0.717) is 17.7 Å². The standard InChI is InChI=1S/C24H26IN5O4/c1-14(2)10-18(23(33)30-24(25,13-26)12-15-6-5-9-27-21(15)31)29-22(32)19-11-16-17(28-19)7-4-8-20(16)34-3/h4-9,11,14,18,28H,10,12H2,1-3H3,(H,27,31)(H,29,32)(H,30,33)/t18-,24?/m0/s1. The van der Waals surface area contributed by atoms with E-state index < -0.39 is 21.4 Å². The number of carbonyl (C=O) groups is 2. The topological polar surface area (TPSA) is 140 Å². The van der Waals surface area contributed by atoms with E-state index in [2.05, 4.69) is 26.7 Å². The molecule has 10 heteroatoms. The predicted molar refractivity (Wildman–Crippen MR) is 137 cm³/mol. The fourth-order valence-electron chi connectivity index (χ4n) is 3.62. The van der Waals surface area contributed by atoms with Gasteiger partial charge in [0.15, 0.2) is 3.55 Å². The number of hydrogen-bond donors (Lipinski definition) is 4. The molecular formula is C24H26IN5O4. The Morgan fingerprint density at radius 3 is 2.68 bits per heavy atom. The monoisotopic (exact) mass is 575 g/mol. The predicted octanol–water partition coefficient (Wildman–Crippen LogP) is 3.02. The molecule has 3 aromatic rings. The second kappa shape index (κ2) is 10.7. The number of fused-ring (bicyclic) bond motifs is 1. The number of H-pyrrole nitrogens is 2. The van der Waals surface area contributed by atoms with E-state index in [9.17, 15) is 19.6 Å². The Bertz CT molecular complexity index is 1290. The number of nitrogens with one attached hydrogen (secondary N) is 4. The van der Waals surface area contributed by atoms with Crippen LogP contribution < -0.4 is 20.9 Å². The van der Waals surface area contributed by atoms with Crippen molar-refractivity contribution in [2.24, 2.45) is 5.92 Å². The molecule has 4 N–H and O–H groups in total. The lowest BCUT2D eigenvalue weighted by molar-refractivity contribution is -0.123. The summed E-state index contributed by atoms with van der Waals surface area (Å²) in [5.74, 6) is -0.223. The first kappa shape index (κ1) is 25.3. The van der Waals surface area contributed by atoms with Gasteiger partial charge in [0.05, 0.1) is 7.11 Å². The zero-order chi connectivity index (χ0) is 24.9. The number of ether oxygens (including phenoxy) is 1. The lowest BCUT2D eigenvalue weighted by Crippen LogP contribution is -2.54. The molecule has 0 aliphatic carbocycles. The molecule has 0 saturated heterocycles. The zero-order valence-corrected chi connectivity index (χ0v) is 21.2. The van der Waals surface area contributed by atoms with Gasteiger partial charge in [-0.25, -0.2) is 0 Å². The Hall–Kier alpha value is -3.33. The summed E-state index contributed by atoms with van der Waals surface area (Å²) in [6.45, 7) is 3.87. The van der Waals surface area contributed by atoms with Crippen LogP contribution in [0.2, 0.25) is 0 Å². The van der Waals surface area contributed by atoms with Crippen LogP contribution >= 0.6 is 22.6 Å². The molecule has 0 bridgehead atoms. The summed E-state index contributed by atoms with van der Waals surface area (Å²) in [6.07, 6.45) is 1.88. The van der Waals surface area contributed by atoms with E-state index in [0.717, 1.165) is 10.9 Å². The second-order valence-electron chi connectivity index (χ2n) is 8.36. The minimum absolute atomic E-state index is 0.0101. The first-order valence-corrected chi connectivity index (χ1v) is 11.8. The van der Waals surface area contributed by atoms with Crippen LogP contribution in [0.4, 0.5) is 0 Å². The number of alkyl halides is 1. The van der Waals surface area contributed by atoms with Gasteiger partial charge in [0.25, 0.3) is 11.5 Å². The van der Waals surface area contributed by atoms with Gasteiger partial charge in [-0.1, -0.05) is 26.0 Å². The molecule has 2 amide bonds. The van der Waals surface area contributed by atoms with E-state index in [1.54, 1.807) is 31.4 Å². The Morgan fingerprint density at radius 2 is 2.03 bits per heavy atom. The highest BCUT2D eigenvalue weighted by molar-refractivity contribution is 14.1. The summed E-state index contributed by atoms with van der Waals surface area (Å²) in [5.41, 5.74) is 1.07. The quantitative estimate of drug-likeness (QED) is 0.177. The number of aromatic nitrogens is 2. The van der Waals surface area contributed by atoms with Gasteiger partial charge in [0.2, 0.25) is 5.91 Å². The smallest absolute Gasteiger partial charge is 0.268 e. The number of nitriles is 1. The van der Waals surface area contributed by atoms with E-state index in [1.165, 1.54) is 6.20 Å². The Kier molecular flexibility index (Phi) is 7.98. The number of aromatic amines is 2. The summed E-state index contributed by atoms with van der Waals surface area (Å²) >= 11 is 1.82. The summed E-state index contributed by atoms with van der Waals surface area (Å²) in [6, 6.07) is 11.6. The van der Waals surface area contributed by atoms with Crippen molar-refractivity contribution in [3.8, 4) is 11.8 Å². The second-order valence-corrected chi connectivity index (χ2v) is 10.2. The molecule has 2 atom stereocenters. The van der Waals surface area contributed by atoms with Crippen LogP contribution in [0, 0.1) is 17.2 Å². The third-order valence-electron chi connectivity index (χ3n) is 5.25. The third kappa shape index (κ3) is 5.96. The highest BCUT2D eigenvalue weighted by atomic mass is 127. The molecule has 178 valence electrons. The van der Waals surface area contributed by atoms with Crippen molar-refractivity contribution >= 4 is 45.3 Å². The average molecular weight is 575 g/mol. The van der Waals surface area contributed by atoms with Gasteiger partial charge in [-0.15, -0.1) is 0 Å². The number of pyridine rings is 1. The number of halogens is 1. The Morgan fingerprint density at radius 1 is 1.26 bits per heavy atom. The molecule has 1 unspecified atom stereocenters. The maximum atomic E-state index is 13.2. The number of methoxy groups -OCH3 is 1. The highest BCUT2D eigenvalue weighted by Crippen LogP contribution is 2.26. The highest BCUT2D eigenvalue weighted by Gasteiger charge is 2.33. The summed E-state index contributed by atoms with van der Waals surface area (Å²) < 4.78 is 3.98. The van der Waals surface area contributed by atoms with Crippen LogP contribution in [0.3, 0.4) is 0 Å². The molecule has 9 nitrogen and oxygen atoms in total. The van der Waals surface area contributed by atoms with Gasteiger partial charge in [-0.2, -0.15) is 5.26 Å². The molecule has 2 aromatic heterocycles. The number of carbonyl (C=O) groups excluding carboxylic acids is 2. The van der Waals surface area contributed by atoms with Crippen molar-refractivity contribution in [3.05, 3.63) is 64.2 Å². The SMILES string of the molecule is COc1cccc2[nH]c(C(=O)N[C@@H](CC(C)C)C(=O)NC(I)(C#N)Cc3ccc[nH]c3=O)cc12. The third-order valence-corrected chi connectivity index (χ3v) is 6.14. The average Bonchev–Trinajstić information content (AvgIpc) is 3.24. The van der Waals surface area contributed by atoms with Crippen LogP contribution in [0.15, 0.2) is 47.4 Å². The number of rotatable bonds is 9. The van der Waals surface area contributed by atoms with Crippen molar-refractivity contribution in [1.29, 1.82) is 5.26 Å². The van der Waals surface area contributed by atoms with Gasteiger partial charge in [-0.3, -0.25) is 14.4 Å². The largest absolute Gasteiger partial charge is 0.496 e. The maximum absolute atomic E-state index is 13.2. The van der Waals surface area contributed by atoms with Crippen molar-refractivity contribution in [2.45, 2.75) is 36.3 Å². The summed E-state index contributed by atoms with van der Waals surface area (Å²) in [5, 5.41) is 16.0. The number of benzene rings is 1. The van der Waals surface area contributed by atoms with E-state index >= 15 is 0 Å². The number of hydrogen-bond acceptors (Lipinski definition) is 5. The molecule has 0 spiro atoms. The van der Waals surface area contributed by atoms with E-state index in [1.807, 2.05) is 48.6 Å². The van der Waals surface area contributed by atoms with Crippen LogP contribution in [0.5, 0.6) is 5.75 Å². The van der Waals surface area contributed by atoms with Gasteiger partial charge in [0, 0.05) is 29.1 Å². The fraction of sp³-hybridized carbons (Fsp3) is 0.333. The molecular weight excluding hydrogens is 549 g/mol. The normalized spacial score (nSPS) is 13.6. The van der Waals surface area contributed by atoms with Crippen molar-refractivity contribution in [1.82, 2.24) is 20.6 Å². The van der Waals surface area contributed by atoms with E-state index in [4.69, 9.17) is 4.74 Å². The van der Waals surface area contributed by atoms with Gasteiger partial charge < -0.3 is 25.3 Å². The molecule has 0 aliphatic rings. The van der Waals surface area contributed by atoms with Crippen LogP contribution in [0.1, 0.15) is 36.3 Å². The van der Waals surface area contributed by atoms with Gasteiger partial charge in [0.1, 0.15) is 23.6 Å². The minimum Gasteiger partial charge on any atom is -0.496 e. The molecule has 1 aromatic carbocycles. The minimum atomic E-state index is -1.36. The van der Waals surface area contributed by atoms with E-state index in [-0.39, 0.29) is 23.6 Å². The van der Waals surface area contributed by atoms with Crippen molar-refractivity contribution in [2.75, 3.05) is 7.11 Å². The van der Waals surface area contributed by atoms with Crippen molar-refractivity contribution < 1.29 is 14.3 Å². The maximum Gasteiger partial charge on any atom is 0.268 e. The number of nitrogens with zero attached hydrogens (tertiary/aromatic N) is 1. The van der Waals surface area contributed by atoms with Crippen molar-refractivity contribution in [3.63, 3.8) is 0 Å². The molecule has 0 fully saturated rings.